The van der Waals surface area contributed by atoms with Crippen LogP contribution in [0, 0.1) is 5.92 Å². The van der Waals surface area contributed by atoms with E-state index in [0.29, 0.717) is 23.6 Å². The number of benzene rings is 2. The number of hydrogen-bond donors (Lipinski definition) is 2. The molecule has 1 heterocycles. The number of nitrogens with one attached hydrogen (secondary N) is 2. The zero-order valence-electron chi connectivity index (χ0n) is 20.9. The Hall–Kier alpha value is -3.06. The number of imidazole rings is 1. The molecule has 1 aliphatic carbocycles. The van der Waals surface area contributed by atoms with E-state index in [2.05, 4.69) is 22.2 Å². The highest BCUT2D eigenvalue weighted by molar-refractivity contribution is 5.96. The smallest absolute Gasteiger partial charge is 0.338 e. The van der Waals surface area contributed by atoms with Crippen LogP contribution in [0.2, 0.25) is 0 Å². The van der Waals surface area contributed by atoms with Crippen molar-refractivity contribution in [1.82, 2.24) is 9.97 Å². The third-order valence-corrected chi connectivity index (χ3v) is 5.79. The van der Waals surface area contributed by atoms with Crippen LogP contribution < -0.4 is 10.1 Å². The molecule has 0 aliphatic heterocycles. The minimum Gasteiger partial charge on any atom is -0.491 e. The number of carbonyl (C=O) groups is 1. The maximum atomic E-state index is 12.0. The first kappa shape index (κ1) is 25.6. The van der Waals surface area contributed by atoms with E-state index in [1.165, 1.54) is 39.2 Å². The Morgan fingerprint density at radius 2 is 1.82 bits per heavy atom. The van der Waals surface area contributed by atoms with Gasteiger partial charge in [-0.05, 0) is 61.7 Å². The number of H-pyrrole nitrogens is 1. The Morgan fingerprint density at radius 3 is 2.38 bits per heavy atom. The molecule has 0 spiro atoms. The molecule has 7 heteroatoms. The fourth-order valence-electron chi connectivity index (χ4n) is 4.07. The van der Waals surface area contributed by atoms with Gasteiger partial charge >= 0.3 is 5.97 Å². The van der Waals surface area contributed by atoms with Crippen molar-refractivity contribution in [3.05, 3.63) is 47.5 Å². The number of hydrogen-bond acceptors (Lipinski definition) is 6. The standard InChI is InChI=1S/C20H23N3O4.C7H14/c1-12(2)27-15-7-5-14(6-8-15)21-20-22-17-9-13(11-25-3)16(19(24)26-4)10-18(17)23-20;1-7-5-3-2-4-6-7/h5-10,12H,11H2,1-4H3,(H2,21,22,23);7H,2-6H2,1H3. The Bertz CT molecular complexity index is 1050. The number of fused-ring (bicyclic) bond motifs is 1. The molecule has 1 aliphatic rings. The highest BCUT2D eigenvalue weighted by Crippen LogP contribution is 2.25. The van der Waals surface area contributed by atoms with Gasteiger partial charge in [0.2, 0.25) is 5.95 Å². The molecule has 4 rings (SSSR count). The van der Waals surface area contributed by atoms with Gasteiger partial charge in [0.15, 0.2) is 0 Å². The second kappa shape index (κ2) is 12.4. The van der Waals surface area contributed by atoms with Crippen LogP contribution in [0.4, 0.5) is 11.6 Å². The molecule has 0 saturated heterocycles. The van der Waals surface area contributed by atoms with E-state index in [1.54, 1.807) is 13.2 Å². The van der Waals surface area contributed by atoms with Gasteiger partial charge in [-0.2, -0.15) is 0 Å². The first-order chi connectivity index (χ1) is 16.4. The van der Waals surface area contributed by atoms with Crippen molar-refractivity contribution in [3.63, 3.8) is 0 Å². The molecule has 0 amide bonds. The van der Waals surface area contributed by atoms with E-state index < -0.39 is 5.97 Å². The van der Waals surface area contributed by atoms with Gasteiger partial charge in [0.25, 0.3) is 0 Å². The minimum absolute atomic E-state index is 0.129. The van der Waals surface area contributed by atoms with Gasteiger partial charge < -0.3 is 24.5 Å². The van der Waals surface area contributed by atoms with E-state index >= 15 is 0 Å². The van der Waals surface area contributed by atoms with Crippen molar-refractivity contribution >= 4 is 28.6 Å². The number of aromatic nitrogens is 2. The number of carbonyl (C=O) groups excluding carboxylic acids is 1. The average Bonchev–Trinajstić information content (AvgIpc) is 3.21. The SMILES string of the molecule is CC1CCCCC1.COCc1cc2[nH]c(Nc3ccc(OC(C)C)cc3)nc2cc1C(=O)OC. The summed E-state index contributed by atoms with van der Waals surface area (Å²) in [6, 6.07) is 11.2. The number of methoxy groups -OCH3 is 2. The second-order valence-corrected chi connectivity index (χ2v) is 9.10. The van der Waals surface area contributed by atoms with Crippen molar-refractivity contribution in [1.29, 1.82) is 0 Å². The molecule has 0 atom stereocenters. The number of anilines is 2. The fraction of sp³-hybridized carbons (Fsp3) is 0.481. The van der Waals surface area contributed by atoms with Crippen molar-refractivity contribution in [3.8, 4) is 5.75 Å². The topological polar surface area (TPSA) is 85.5 Å². The lowest BCUT2D eigenvalue weighted by atomic mass is 9.91. The van der Waals surface area contributed by atoms with Gasteiger partial charge in [-0.3, -0.25) is 0 Å². The van der Waals surface area contributed by atoms with E-state index in [0.717, 1.165) is 28.4 Å². The summed E-state index contributed by atoms with van der Waals surface area (Å²) < 4.78 is 15.7. The van der Waals surface area contributed by atoms with Gasteiger partial charge in [0.05, 0.1) is 36.4 Å². The maximum Gasteiger partial charge on any atom is 0.338 e. The molecule has 0 radical (unpaired) electrons. The van der Waals surface area contributed by atoms with Gasteiger partial charge in [0, 0.05) is 12.8 Å². The van der Waals surface area contributed by atoms with Crippen molar-refractivity contribution in [2.75, 3.05) is 19.5 Å². The molecule has 184 valence electrons. The molecule has 1 fully saturated rings. The Labute approximate surface area is 202 Å². The first-order valence-corrected chi connectivity index (χ1v) is 12.0. The van der Waals surface area contributed by atoms with Crippen LogP contribution >= 0.6 is 0 Å². The molecule has 0 unspecified atom stereocenters. The molecule has 7 nitrogen and oxygen atoms in total. The molecule has 3 aromatic rings. The Morgan fingerprint density at radius 1 is 1.12 bits per heavy atom. The quantitative estimate of drug-likeness (QED) is 0.380. The van der Waals surface area contributed by atoms with Crippen molar-refractivity contribution in [2.24, 2.45) is 5.92 Å². The fourth-order valence-corrected chi connectivity index (χ4v) is 4.07. The minimum atomic E-state index is -0.415. The molecule has 34 heavy (non-hydrogen) atoms. The number of aromatic amines is 1. The van der Waals surface area contributed by atoms with E-state index in [9.17, 15) is 4.79 Å². The largest absolute Gasteiger partial charge is 0.491 e. The molecule has 2 aromatic carbocycles. The summed E-state index contributed by atoms with van der Waals surface area (Å²) in [5.74, 6) is 2.01. The average molecular weight is 468 g/mol. The maximum absolute atomic E-state index is 12.0. The predicted molar refractivity (Wildman–Crippen MR) is 136 cm³/mol. The lowest BCUT2D eigenvalue weighted by Gasteiger charge is -2.15. The number of ether oxygens (including phenoxy) is 3. The molecular formula is C27H37N3O4. The predicted octanol–water partition coefficient (Wildman–Crippen LogP) is 6.61. The zero-order valence-corrected chi connectivity index (χ0v) is 20.9. The van der Waals surface area contributed by atoms with Crippen LogP contribution in [0.25, 0.3) is 11.0 Å². The monoisotopic (exact) mass is 467 g/mol. The lowest BCUT2D eigenvalue weighted by Crippen LogP contribution is -2.06. The summed E-state index contributed by atoms with van der Waals surface area (Å²) in [4.78, 5) is 19.7. The van der Waals surface area contributed by atoms with Gasteiger partial charge in [0.1, 0.15) is 5.75 Å². The summed E-state index contributed by atoms with van der Waals surface area (Å²) in [6.45, 7) is 6.64. The van der Waals surface area contributed by atoms with Crippen LogP contribution in [0.15, 0.2) is 36.4 Å². The summed E-state index contributed by atoms with van der Waals surface area (Å²) in [5.41, 5.74) is 3.52. The second-order valence-electron chi connectivity index (χ2n) is 9.10. The number of nitrogens with zero attached hydrogens (tertiary/aromatic N) is 1. The van der Waals surface area contributed by atoms with E-state index in [-0.39, 0.29) is 6.10 Å². The van der Waals surface area contributed by atoms with Crippen LogP contribution in [0.3, 0.4) is 0 Å². The third kappa shape index (κ3) is 7.22. The summed E-state index contributed by atoms with van der Waals surface area (Å²) >= 11 is 0. The third-order valence-electron chi connectivity index (χ3n) is 5.79. The summed E-state index contributed by atoms with van der Waals surface area (Å²) in [5, 5.41) is 3.22. The van der Waals surface area contributed by atoms with Crippen LogP contribution in [0.5, 0.6) is 5.75 Å². The van der Waals surface area contributed by atoms with Gasteiger partial charge in [-0.1, -0.05) is 39.0 Å². The first-order valence-electron chi connectivity index (χ1n) is 12.0. The Balaban J connectivity index is 0.000000396. The molecular weight excluding hydrogens is 430 g/mol. The van der Waals surface area contributed by atoms with Gasteiger partial charge in [-0.25, -0.2) is 9.78 Å². The summed E-state index contributed by atoms with van der Waals surface area (Å²) in [7, 11) is 2.94. The summed E-state index contributed by atoms with van der Waals surface area (Å²) in [6.07, 6.45) is 7.57. The van der Waals surface area contributed by atoms with Crippen LogP contribution in [-0.2, 0) is 16.1 Å². The molecule has 0 bridgehead atoms. The van der Waals surface area contributed by atoms with Crippen LogP contribution in [-0.4, -0.2) is 36.3 Å². The Kier molecular flexibility index (Phi) is 9.33. The van der Waals surface area contributed by atoms with Crippen molar-refractivity contribution < 1.29 is 19.0 Å². The highest BCUT2D eigenvalue weighted by Gasteiger charge is 2.15. The molecule has 1 saturated carbocycles. The zero-order chi connectivity index (χ0) is 24.5. The number of esters is 1. The normalized spacial score (nSPS) is 13.9. The van der Waals surface area contributed by atoms with Gasteiger partial charge in [-0.15, -0.1) is 0 Å². The number of rotatable bonds is 7. The van der Waals surface area contributed by atoms with E-state index in [1.807, 2.05) is 44.2 Å². The van der Waals surface area contributed by atoms with Crippen molar-refractivity contribution in [2.45, 2.75) is 65.6 Å². The van der Waals surface area contributed by atoms with Crippen LogP contribution in [0.1, 0.15) is 68.8 Å². The lowest BCUT2D eigenvalue weighted by molar-refractivity contribution is 0.0596. The molecule has 1 aromatic heterocycles. The highest BCUT2D eigenvalue weighted by atomic mass is 16.5. The molecule has 2 N–H and O–H groups in total. The van der Waals surface area contributed by atoms with E-state index in [4.69, 9.17) is 14.2 Å².